The van der Waals surface area contributed by atoms with Gasteiger partial charge in [0.1, 0.15) is 23.1 Å². The summed E-state index contributed by atoms with van der Waals surface area (Å²) in [4.78, 5) is 18.1. The highest BCUT2D eigenvalue weighted by atomic mass is 19.2. The van der Waals surface area contributed by atoms with Crippen LogP contribution in [0.2, 0.25) is 0 Å². The zero-order valence-electron chi connectivity index (χ0n) is 34.0. The van der Waals surface area contributed by atoms with E-state index in [2.05, 4.69) is 19.9 Å². The number of halogens is 4. The van der Waals surface area contributed by atoms with Crippen molar-refractivity contribution in [2.24, 2.45) is 0 Å². The number of aryl methyl sites for hydroxylation is 2. The van der Waals surface area contributed by atoms with Crippen molar-refractivity contribution in [1.82, 2.24) is 29.1 Å². The smallest absolute Gasteiger partial charge is 0.201 e. The molecule has 310 valence electrons. The second-order valence-corrected chi connectivity index (χ2v) is 15.5. The molecule has 0 aliphatic carbocycles. The SMILES string of the molecule is Cc1ccnc(-n2c3ccccc3c3ccc(Oc4cc(-c5cnc(-c6cc(F)c(F)c(Oc7ccc8c9ccccc9n(-c9cc(C)ccn9)c8c7)c6)cn5)cc(F)c4F)cc32)c1. The van der Waals surface area contributed by atoms with E-state index in [4.69, 9.17) is 9.47 Å². The van der Waals surface area contributed by atoms with E-state index in [9.17, 15) is 0 Å². The first kappa shape index (κ1) is 38.5. The van der Waals surface area contributed by atoms with Gasteiger partial charge in [-0.05, 0) is 110 Å². The van der Waals surface area contributed by atoms with Gasteiger partial charge in [-0.1, -0.05) is 36.4 Å². The largest absolute Gasteiger partial charge is 0.454 e. The Bertz CT molecular complexity index is 3420. The molecule has 0 saturated carbocycles. The summed E-state index contributed by atoms with van der Waals surface area (Å²) < 4.78 is 77.4. The molecule has 0 aliphatic rings. The van der Waals surface area contributed by atoms with Crippen LogP contribution in [0.15, 0.2) is 158 Å². The fourth-order valence-corrected chi connectivity index (χ4v) is 8.26. The van der Waals surface area contributed by atoms with Crippen LogP contribution in [-0.4, -0.2) is 29.1 Å². The fourth-order valence-electron chi connectivity index (χ4n) is 8.26. The van der Waals surface area contributed by atoms with Crippen LogP contribution in [0.25, 0.3) is 77.8 Å². The molecule has 0 unspecified atom stereocenters. The maximum Gasteiger partial charge on any atom is 0.201 e. The van der Waals surface area contributed by atoms with Gasteiger partial charge in [0.15, 0.2) is 23.1 Å². The van der Waals surface area contributed by atoms with Crippen LogP contribution in [0.3, 0.4) is 0 Å². The van der Waals surface area contributed by atoms with Crippen LogP contribution < -0.4 is 9.47 Å². The minimum atomic E-state index is -1.18. The lowest BCUT2D eigenvalue weighted by Crippen LogP contribution is -1.98. The molecular formula is C52H32F4N6O2. The molecule has 0 fully saturated rings. The predicted octanol–water partition coefficient (Wildman–Crippen LogP) is 13.6. The van der Waals surface area contributed by atoms with Gasteiger partial charge in [0, 0.05) is 57.2 Å². The summed E-state index contributed by atoms with van der Waals surface area (Å²) in [5.41, 5.74) is 6.15. The Hall–Kier alpha value is -8.38. The second-order valence-electron chi connectivity index (χ2n) is 15.5. The lowest BCUT2D eigenvalue weighted by Gasteiger charge is -2.12. The monoisotopic (exact) mass is 848 g/mol. The van der Waals surface area contributed by atoms with E-state index in [0.717, 1.165) is 66.9 Å². The number of fused-ring (bicyclic) bond motifs is 6. The number of aromatic nitrogens is 6. The zero-order valence-corrected chi connectivity index (χ0v) is 34.0. The molecular weight excluding hydrogens is 817 g/mol. The zero-order chi connectivity index (χ0) is 43.6. The molecule has 0 spiro atoms. The normalized spacial score (nSPS) is 11.6. The Labute approximate surface area is 362 Å². The molecule has 8 nitrogen and oxygen atoms in total. The average molecular weight is 849 g/mol. The number of hydrogen-bond acceptors (Lipinski definition) is 6. The highest BCUT2D eigenvalue weighted by Gasteiger charge is 2.21. The van der Waals surface area contributed by atoms with E-state index < -0.39 is 23.3 Å². The van der Waals surface area contributed by atoms with Crippen molar-refractivity contribution in [3.63, 3.8) is 0 Å². The summed E-state index contributed by atoms with van der Waals surface area (Å²) in [5.74, 6) is -3.49. The van der Waals surface area contributed by atoms with Gasteiger partial charge in [0.25, 0.3) is 0 Å². The molecule has 64 heavy (non-hydrogen) atoms. The Morgan fingerprint density at radius 1 is 0.422 bits per heavy atom. The van der Waals surface area contributed by atoms with Crippen LogP contribution in [0.1, 0.15) is 11.1 Å². The van der Waals surface area contributed by atoms with Crippen LogP contribution in [0.5, 0.6) is 23.0 Å². The minimum Gasteiger partial charge on any atom is -0.454 e. The second kappa shape index (κ2) is 15.2. The first-order valence-electron chi connectivity index (χ1n) is 20.3. The van der Waals surface area contributed by atoms with Crippen LogP contribution in [-0.2, 0) is 0 Å². The van der Waals surface area contributed by atoms with Gasteiger partial charge in [-0.15, -0.1) is 0 Å². The fraction of sp³-hybridized carbons (Fsp3) is 0.0385. The van der Waals surface area contributed by atoms with Crippen molar-refractivity contribution in [3.8, 4) is 57.1 Å². The van der Waals surface area contributed by atoms with E-state index in [0.29, 0.717) is 11.6 Å². The summed E-state index contributed by atoms with van der Waals surface area (Å²) >= 11 is 0. The summed E-state index contributed by atoms with van der Waals surface area (Å²) in [7, 11) is 0. The summed E-state index contributed by atoms with van der Waals surface area (Å²) in [5, 5.41) is 3.85. The van der Waals surface area contributed by atoms with Crippen LogP contribution in [0, 0.1) is 37.1 Å². The number of nitrogens with zero attached hydrogens (tertiary/aromatic N) is 6. The van der Waals surface area contributed by atoms with Crippen molar-refractivity contribution in [2.75, 3.05) is 0 Å². The van der Waals surface area contributed by atoms with Crippen molar-refractivity contribution in [2.45, 2.75) is 13.8 Å². The Balaban J connectivity index is 0.898. The quantitative estimate of drug-likeness (QED) is 0.142. The molecule has 11 aromatic rings. The van der Waals surface area contributed by atoms with Gasteiger partial charge in [-0.3, -0.25) is 19.1 Å². The molecule has 6 aromatic carbocycles. The number of para-hydroxylation sites is 2. The standard InChI is InChI=1S/C52H32F4N6O2/c1-29-15-17-57-49(19-29)61-43-9-5-3-7-35(43)37-13-11-33(25-45(37)61)63-47-23-31(21-39(53)51(47)55)41-27-60-42(28-59-41)32-22-40(54)52(56)48(24-32)64-34-12-14-38-36-8-4-6-10-44(36)62(46(38)26-34)50-20-30(2)16-18-58-50/h3-28H,1-2H3. The highest BCUT2D eigenvalue weighted by Crippen LogP contribution is 2.39. The lowest BCUT2D eigenvalue weighted by atomic mass is 10.1. The Morgan fingerprint density at radius 3 is 1.27 bits per heavy atom. The molecule has 11 rings (SSSR count). The summed E-state index contributed by atoms with van der Waals surface area (Å²) in [6.45, 7) is 3.97. The molecule has 0 saturated heterocycles. The van der Waals surface area contributed by atoms with Crippen molar-refractivity contribution >= 4 is 43.6 Å². The summed E-state index contributed by atoms with van der Waals surface area (Å²) in [6.07, 6.45) is 6.14. The first-order chi connectivity index (χ1) is 31.2. The predicted molar refractivity (Wildman–Crippen MR) is 240 cm³/mol. The number of hydrogen-bond donors (Lipinski definition) is 0. The molecule has 12 heteroatoms. The van der Waals surface area contributed by atoms with E-state index in [-0.39, 0.29) is 45.5 Å². The molecule has 0 bridgehead atoms. The number of benzene rings is 6. The third kappa shape index (κ3) is 6.63. The van der Waals surface area contributed by atoms with E-state index in [1.807, 2.05) is 108 Å². The maximum atomic E-state index is 15.4. The number of ether oxygens (including phenoxy) is 2. The van der Waals surface area contributed by atoms with E-state index >= 15 is 17.6 Å². The van der Waals surface area contributed by atoms with Crippen molar-refractivity contribution in [3.05, 3.63) is 193 Å². The Morgan fingerprint density at radius 2 is 0.844 bits per heavy atom. The highest BCUT2D eigenvalue weighted by molar-refractivity contribution is 6.10. The summed E-state index contributed by atoms with van der Waals surface area (Å²) in [6, 6.07) is 38.9. The van der Waals surface area contributed by atoms with Gasteiger partial charge < -0.3 is 9.47 Å². The van der Waals surface area contributed by atoms with Gasteiger partial charge in [0.2, 0.25) is 11.6 Å². The van der Waals surface area contributed by atoms with Gasteiger partial charge in [-0.2, -0.15) is 8.78 Å². The molecule has 5 aromatic heterocycles. The van der Waals surface area contributed by atoms with Crippen molar-refractivity contribution < 1.29 is 27.0 Å². The third-order valence-corrected chi connectivity index (χ3v) is 11.2. The van der Waals surface area contributed by atoms with Gasteiger partial charge >= 0.3 is 0 Å². The molecule has 5 heterocycles. The number of pyridine rings is 2. The minimum absolute atomic E-state index is 0.176. The third-order valence-electron chi connectivity index (χ3n) is 11.2. The molecule has 0 amide bonds. The van der Waals surface area contributed by atoms with Crippen molar-refractivity contribution in [1.29, 1.82) is 0 Å². The average Bonchev–Trinajstić information content (AvgIpc) is 3.81. The topological polar surface area (TPSA) is 79.9 Å². The van der Waals surface area contributed by atoms with E-state index in [1.54, 1.807) is 36.7 Å². The molecule has 0 aliphatic heterocycles. The maximum absolute atomic E-state index is 15.4. The number of rotatable bonds is 8. The van der Waals surface area contributed by atoms with Crippen LogP contribution in [0.4, 0.5) is 17.6 Å². The Kier molecular flexibility index (Phi) is 9.16. The first-order valence-corrected chi connectivity index (χ1v) is 20.3. The lowest BCUT2D eigenvalue weighted by molar-refractivity contribution is 0.416. The van der Waals surface area contributed by atoms with Gasteiger partial charge in [0.05, 0.1) is 45.8 Å². The molecule has 0 radical (unpaired) electrons. The van der Waals surface area contributed by atoms with Crippen LogP contribution >= 0.6 is 0 Å². The molecule has 0 N–H and O–H groups in total. The van der Waals surface area contributed by atoms with Gasteiger partial charge in [-0.25, -0.2) is 18.7 Å². The van der Waals surface area contributed by atoms with E-state index in [1.165, 1.54) is 24.5 Å². The molecule has 0 atom stereocenters.